The van der Waals surface area contributed by atoms with Gasteiger partial charge in [-0.2, -0.15) is 0 Å². The molecule has 0 bridgehead atoms. The summed E-state index contributed by atoms with van der Waals surface area (Å²) < 4.78 is 15.1. The number of benzene rings is 10. The number of fused-ring (bicyclic) bond motifs is 10. The fraction of sp³-hybridized carbons (Fsp3) is 0. The van der Waals surface area contributed by atoms with Gasteiger partial charge in [0.2, 0.25) is 5.95 Å². The number of nitrogens with zero attached hydrogens (tertiary/aromatic N) is 3. The fourth-order valence-corrected chi connectivity index (χ4v) is 10.3. The molecule has 0 radical (unpaired) electrons. The van der Waals surface area contributed by atoms with Crippen molar-refractivity contribution in [1.29, 1.82) is 0 Å². The standard InChI is InChI=1S/C62H37N3O2/c1-2-14-38(15-3-1)59-52-22-4-7-27-54(52)63-62(64-59)65-55-33-31-44(46-24-13-26-51-48-21-6-9-29-57(48)67-61(46)51)36-53(55)50-25-12-23-45(60(50)65)43-19-11-18-41(35-43)39-16-10-17-40(34-39)42-30-32-49-47-20-5-8-28-56(47)66-58(49)37-42/h1-37H. The molecular weight excluding hydrogens is 819 g/mol. The molecule has 0 unspecified atom stereocenters. The third kappa shape index (κ3) is 5.95. The quantitative estimate of drug-likeness (QED) is 0.167. The van der Waals surface area contributed by atoms with Crippen LogP contribution in [0.2, 0.25) is 0 Å². The summed E-state index contributed by atoms with van der Waals surface area (Å²) in [5.41, 5.74) is 17.2. The van der Waals surface area contributed by atoms with E-state index in [1.54, 1.807) is 0 Å². The molecule has 0 saturated carbocycles. The van der Waals surface area contributed by atoms with E-state index in [9.17, 15) is 0 Å². The van der Waals surface area contributed by atoms with Crippen LogP contribution >= 0.6 is 0 Å². The Hall–Kier alpha value is -9.06. The van der Waals surface area contributed by atoms with E-state index in [1.165, 1.54) is 0 Å². The van der Waals surface area contributed by atoms with Crippen LogP contribution in [0, 0.1) is 0 Å². The van der Waals surface area contributed by atoms with Crippen LogP contribution in [0.4, 0.5) is 0 Å². The maximum Gasteiger partial charge on any atom is 0.235 e. The molecule has 10 aromatic carbocycles. The minimum atomic E-state index is 0.613. The van der Waals surface area contributed by atoms with Crippen LogP contribution in [-0.4, -0.2) is 14.5 Å². The van der Waals surface area contributed by atoms with Crippen molar-refractivity contribution in [2.24, 2.45) is 0 Å². The number of para-hydroxylation sites is 5. The molecule has 5 nitrogen and oxygen atoms in total. The van der Waals surface area contributed by atoms with Crippen molar-refractivity contribution in [3.63, 3.8) is 0 Å². The summed E-state index contributed by atoms with van der Waals surface area (Å²) in [6, 6.07) is 79.2. The van der Waals surface area contributed by atoms with Gasteiger partial charge >= 0.3 is 0 Å². The molecule has 0 atom stereocenters. The lowest BCUT2D eigenvalue weighted by Gasteiger charge is -2.14. The smallest absolute Gasteiger partial charge is 0.235 e. The monoisotopic (exact) mass is 855 g/mol. The van der Waals surface area contributed by atoms with E-state index in [4.69, 9.17) is 18.8 Å². The van der Waals surface area contributed by atoms with Crippen molar-refractivity contribution in [3.8, 4) is 61.7 Å². The number of hydrogen-bond acceptors (Lipinski definition) is 4. The van der Waals surface area contributed by atoms with Gasteiger partial charge in [-0.25, -0.2) is 9.97 Å². The Kier molecular flexibility index (Phi) is 8.21. The van der Waals surface area contributed by atoms with Gasteiger partial charge in [-0.1, -0.05) is 170 Å². The van der Waals surface area contributed by atoms with E-state index < -0.39 is 0 Å². The number of hydrogen-bond donors (Lipinski definition) is 0. The predicted molar refractivity (Wildman–Crippen MR) is 276 cm³/mol. The van der Waals surface area contributed by atoms with Gasteiger partial charge in [-0.3, -0.25) is 4.57 Å². The van der Waals surface area contributed by atoms with Crippen molar-refractivity contribution in [1.82, 2.24) is 14.5 Å². The Balaban J connectivity index is 0.969. The Morgan fingerprint density at radius 3 is 1.67 bits per heavy atom. The number of aromatic nitrogens is 3. The highest BCUT2D eigenvalue weighted by atomic mass is 16.3. The second kappa shape index (κ2) is 14.7. The molecule has 14 rings (SSSR count). The molecule has 0 aliphatic carbocycles. The molecule has 4 aromatic heterocycles. The first kappa shape index (κ1) is 37.3. The first-order valence-corrected chi connectivity index (χ1v) is 22.6. The Labute approximate surface area is 384 Å². The van der Waals surface area contributed by atoms with Crippen molar-refractivity contribution in [3.05, 3.63) is 224 Å². The third-order valence-corrected chi connectivity index (χ3v) is 13.4. The molecule has 0 amide bonds. The normalized spacial score (nSPS) is 11.9. The van der Waals surface area contributed by atoms with E-state index in [0.717, 1.165) is 132 Å². The second-order valence-electron chi connectivity index (χ2n) is 17.3. The van der Waals surface area contributed by atoms with Gasteiger partial charge in [-0.05, 0) is 88.0 Å². The van der Waals surface area contributed by atoms with Crippen LogP contribution in [0.5, 0.6) is 0 Å². The Morgan fingerprint density at radius 1 is 0.313 bits per heavy atom. The molecule has 0 fully saturated rings. The van der Waals surface area contributed by atoms with Crippen molar-refractivity contribution >= 4 is 76.6 Å². The predicted octanol–water partition coefficient (Wildman–Crippen LogP) is 16.9. The van der Waals surface area contributed by atoms with Crippen LogP contribution in [0.25, 0.3) is 138 Å². The highest BCUT2D eigenvalue weighted by molar-refractivity contribution is 6.16. The molecule has 0 spiro atoms. The second-order valence-corrected chi connectivity index (χ2v) is 17.3. The molecule has 14 aromatic rings. The van der Waals surface area contributed by atoms with Crippen LogP contribution in [0.3, 0.4) is 0 Å². The van der Waals surface area contributed by atoms with Gasteiger partial charge in [0.15, 0.2) is 0 Å². The summed E-state index contributed by atoms with van der Waals surface area (Å²) >= 11 is 0. The number of rotatable bonds is 6. The summed E-state index contributed by atoms with van der Waals surface area (Å²) in [7, 11) is 0. The average molecular weight is 856 g/mol. The van der Waals surface area contributed by atoms with Gasteiger partial charge < -0.3 is 8.83 Å². The van der Waals surface area contributed by atoms with Crippen molar-refractivity contribution in [2.75, 3.05) is 0 Å². The zero-order valence-electron chi connectivity index (χ0n) is 36.0. The molecule has 4 heterocycles. The number of furan rings is 2. The summed E-state index contributed by atoms with van der Waals surface area (Å²) in [5.74, 6) is 0.613. The summed E-state index contributed by atoms with van der Waals surface area (Å²) in [4.78, 5) is 10.8. The molecule has 0 aliphatic heterocycles. The summed E-state index contributed by atoms with van der Waals surface area (Å²) in [5, 5.41) is 7.69. The highest BCUT2D eigenvalue weighted by Crippen LogP contribution is 2.43. The minimum Gasteiger partial charge on any atom is -0.456 e. The van der Waals surface area contributed by atoms with Crippen LogP contribution < -0.4 is 0 Å². The van der Waals surface area contributed by atoms with Gasteiger partial charge in [0.25, 0.3) is 0 Å². The molecule has 0 aliphatic rings. The van der Waals surface area contributed by atoms with Gasteiger partial charge in [0, 0.05) is 54.4 Å². The molecule has 0 saturated heterocycles. The minimum absolute atomic E-state index is 0.613. The van der Waals surface area contributed by atoms with E-state index in [-0.39, 0.29) is 0 Å². The summed E-state index contributed by atoms with van der Waals surface area (Å²) in [6.45, 7) is 0. The van der Waals surface area contributed by atoms with Crippen molar-refractivity contribution in [2.45, 2.75) is 0 Å². The first-order valence-electron chi connectivity index (χ1n) is 22.6. The lowest BCUT2D eigenvalue weighted by atomic mass is 9.95. The Morgan fingerprint density at radius 2 is 0.866 bits per heavy atom. The van der Waals surface area contributed by atoms with Crippen molar-refractivity contribution < 1.29 is 8.83 Å². The SMILES string of the molecule is c1ccc(-c2nc(-n3c4ccc(-c5cccc6c5oc5ccccc56)cc4c4cccc(-c5cccc(-c6cccc(-c7ccc8c(c7)oc7ccccc78)c6)c5)c43)nc3ccccc23)cc1. The first-order chi connectivity index (χ1) is 33.2. The van der Waals surface area contributed by atoms with Gasteiger partial charge in [0.1, 0.15) is 22.3 Å². The maximum absolute atomic E-state index is 6.56. The lowest BCUT2D eigenvalue weighted by Crippen LogP contribution is -2.04. The van der Waals surface area contributed by atoms with Crippen LogP contribution in [0.1, 0.15) is 0 Å². The maximum atomic E-state index is 6.56. The molecule has 67 heavy (non-hydrogen) atoms. The van der Waals surface area contributed by atoms with Crippen LogP contribution in [-0.2, 0) is 0 Å². The molecule has 312 valence electrons. The highest BCUT2D eigenvalue weighted by Gasteiger charge is 2.22. The third-order valence-electron chi connectivity index (χ3n) is 13.4. The molecular formula is C62H37N3O2. The fourth-order valence-electron chi connectivity index (χ4n) is 10.3. The lowest BCUT2D eigenvalue weighted by molar-refractivity contribution is 0.669. The van der Waals surface area contributed by atoms with E-state index in [0.29, 0.717) is 5.95 Å². The van der Waals surface area contributed by atoms with Gasteiger partial charge in [0.05, 0.1) is 22.2 Å². The van der Waals surface area contributed by atoms with E-state index >= 15 is 0 Å². The largest absolute Gasteiger partial charge is 0.456 e. The van der Waals surface area contributed by atoms with Crippen LogP contribution in [0.15, 0.2) is 233 Å². The molecule has 0 N–H and O–H groups in total. The average Bonchev–Trinajstić information content (AvgIpc) is 4.08. The molecule has 5 heteroatoms. The zero-order chi connectivity index (χ0) is 44.0. The topological polar surface area (TPSA) is 57.0 Å². The zero-order valence-corrected chi connectivity index (χ0v) is 36.0. The van der Waals surface area contributed by atoms with Gasteiger partial charge in [-0.15, -0.1) is 0 Å². The van der Waals surface area contributed by atoms with E-state index in [2.05, 4.69) is 193 Å². The Bertz CT molecular complexity index is 4290. The van der Waals surface area contributed by atoms with E-state index in [1.807, 2.05) is 36.4 Å². The summed E-state index contributed by atoms with van der Waals surface area (Å²) in [6.07, 6.45) is 0.